The Hall–Kier alpha value is -4.22. The first-order valence-electron chi connectivity index (χ1n) is 13.4. The van der Waals surface area contributed by atoms with E-state index < -0.39 is 10.0 Å². The fourth-order valence-electron chi connectivity index (χ4n) is 4.17. The number of nitrogens with zero attached hydrogens (tertiary/aromatic N) is 2. The number of sulfonamides is 1. The first-order chi connectivity index (χ1) is 19.7. The predicted molar refractivity (Wildman–Crippen MR) is 161 cm³/mol. The van der Waals surface area contributed by atoms with E-state index in [-0.39, 0.29) is 22.0 Å². The molecule has 0 unspecified atom stereocenters. The first kappa shape index (κ1) is 29.8. The number of hydrogen-bond donors (Lipinski definition) is 2. The van der Waals surface area contributed by atoms with Gasteiger partial charge < -0.3 is 19.9 Å². The van der Waals surface area contributed by atoms with E-state index in [4.69, 9.17) is 19.9 Å². The minimum Gasteiger partial charge on any atom is -0.493 e. The number of imidazole rings is 1. The van der Waals surface area contributed by atoms with Crippen LogP contribution in [0.5, 0.6) is 23.0 Å². The summed E-state index contributed by atoms with van der Waals surface area (Å²) in [6.07, 6.45) is 6.46. The lowest BCUT2D eigenvalue weighted by Crippen LogP contribution is -2.19. The molecule has 3 aromatic carbocycles. The SMILES string of the molecule is CCCOc1cccc(Oc2cc3c(cc2NS(=O)(=O)c2cccc(OC/C=C/CCCN)c2)n(C)c(=O)n3C)c1. The van der Waals surface area contributed by atoms with Crippen LogP contribution in [-0.2, 0) is 24.1 Å². The number of anilines is 1. The van der Waals surface area contributed by atoms with Crippen molar-refractivity contribution >= 4 is 26.7 Å². The van der Waals surface area contributed by atoms with Gasteiger partial charge >= 0.3 is 5.69 Å². The van der Waals surface area contributed by atoms with Crippen molar-refractivity contribution in [3.63, 3.8) is 0 Å². The number of unbranched alkanes of at least 4 members (excludes halogenated alkanes) is 1. The minimum absolute atomic E-state index is 0.0186. The van der Waals surface area contributed by atoms with Gasteiger partial charge in [-0.05, 0) is 56.1 Å². The zero-order chi connectivity index (χ0) is 29.4. The molecular weight excluding hydrogens is 544 g/mol. The summed E-state index contributed by atoms with van der Waals surface area (Å²) in [5.41, 5.74) is 6.56. The lowest BCUT2D eigenvalue weighted by molar-refractivity contribution is 0.316. The molecule has 11 heteroatoms. The molecule has 1 heterocycles. The van der Waals surface area contributed by atoms with E-state index in [1.54, 1.807) is 56.6 Å². The number of nitrogens with one attached hydrogen (secondary N) is 1. The van der Waals surface area contributed by atoms with Gasteiger partial charge in [0.05, 0.1) is 28.2 Å². The van der Waals surface area contributed by atoms with Crippen LogP contribution >= 0.6 is 0 Å². The van der Waals surface area contributed by atoms with Crippen LogP contribution in [0.3, 0.4) is 0 Å². The highest BCUT2D eigenvalue weighted by Gasteiger charge is 2.21. The Kier molecular flexibility index (Phi) is 9.74. The van der Waals surface area contributed by atoms with Gasteiger partial charge in [0.15, 0.2) is 5.75 Å². The van der Waals surface area contributed by atoms with E-state index in [2.05, 4.69) is 4.72 Å². The molecule has 0 aliphatic carbocycles. The maximum Gasteiger partial charge on any atom is 0.328 e. The third kappa shape index (κ3) is 7.30. The summed E-state index contributed by atoms with van der Waals surface area (Å²) in [6, 6.07) is 16.6. The van der Waals surface area contributed by atoms with Gasteiger partial charge in [0, 0.05) is 32.3 Å². The zero-order valence-corrected chi connectivity index (χ0v) is 24.3. The van der Waals surface area contributed by atoms with Crippen LogP contribution in [0.2, 0.25) is 0 Å². The normalized spacial score (nSPS) is 11.7. The number of ether oxygens (including phenoxy) is 3. The third-order valence-electron chi connectivity index (χ3n) is 6.33. The largest absolute Gasteiger partial charge is 0.493 e. The molecule has 218 valence electrons. The highest BCUT2D eigenvalue weighted by Crippen LogP contribution is 2.36. The molecular formula is C30H36N4O6S. The molecule has 0 aliphatic rings. The number of allylic oxidation sites excluding steroid dienone is 1. The second-order valence-corrected chi connectivity index (χ2v) is 11.1. The molecule has 0 aliphatic heterocycles. The summed E-state index contributed by atoms with van der Waals surface area (Å²) in [7, 11) is -0.781. The van der Waals surface area contributed by atoms with Crippen molar-refractivity contribution in [3.05, 3.63) is 83.3 Å². The van der Waals surface area contributed by atoms with Gasteiger partial charge in [-0.2, -0.15) is 0 Å². The van der Waals surface area contributed by atoms with Crippen LogP contribution in [0.4, 0.5) is 5.69 Å². The van der Waals surface area contributed by atoms with Crippen molar-refractivity contribution in [3.8, 4) is 23.0 Å². The van der Waals surface area contributed by atoms with E-state index in [1.807, 2.05) is 25.1 Å². The molecule has 0 amide bonds. The summed E-state index contributed by atoms with van der Waals surface area (Å²) in [6.45, 7) is 3.50. The van der Waals surface area contributed by atoms with Crippen LogP contribution in [0.15, 0.2) is 82.5 Å². The fraction of sp³-hybridized carbons (Fsp3) is 0.300. The van der Waals surface area contributed by atoms with Crippen molar-refractivity contribution in [1.29, 1.82) is 0 Å². The molecule has 0 bridgehead atoms. The highest BCUT2D eigenvalue weighted by atomic mass is 32.2. The Labute approximate surface area is 240 Å². The fourth-order valence-corrected chi connectivity index (χ4v) is 5.26. The molecule has 0 atom stereocenters. The van der Waals surface area contributed by atoms with E-state index in [0.29, 0.717) is 48.0 Å². The summed E-state index contributed by atoms with van der Waals surface area (Å²) in [5.74, 6) is 1.72. The van der Waals surface area contributed by atoms with Gasteiger partial charge in [-0.1, -0.05) is 31.2 Å². The van der Waals surface area contributed by atoms with E-state index in [1.165, 1.54) is 21.3 Å². The highest BCUT2D eigenvalue weighted by molar-refractivity contribution is 7.92. The topological polar surface area (TPSA) is 127 Å². The number of fused-ring (bicyclic) bond motifs is 1. The summed E-state index contributed by atoms with van der Waals surface area (Å²) >= 11 is 0. The van der Waals surface area contributed by atoms with Gasteiger partial charge in [0.25, 0.3) is 10.0 Å². The Morgan fingerprint density at radius 1 is 0.902 bits per heavy atom. The summed E-state index contributed by atoms with van der Waals surface area (Å²) < 4.78 is 50.2. The van der Waals surface area contributed by atoms with Crippen LogP contribution in [-0.4, -0.2) is 37.3 Å². The van der Waals surface area contributed by atoms with Crippen LogP contribution in [0, 0.1) is 0 Å². The molecule has 0 radical (unpaired) electrons. The van der Waals surface area contributed by atoms with Crippen LogP contribution < -0.4 is 30.4 Å². The van der Waals surface area contributed by atoms with Gasteiger partial charge in [0.1, 0.15) is 23.9 Å². The number of hydrogen-bond acceptors (Lipinski definition) is 7. The average Bonchev–Trinajstić information content (AvgIpc) is 3.17. The van der Waals surface area contributed by atoms with Crippen molar-refractivity contribution in [2.45, 2.75) is 31.1 Å². The third-order valence-corrected chi connectivity index (χ3v) is 7.69. The van der Waals surface area contributed by atoms with E-state index >= 15 is 0 Å². The van der Waals surface area contributed by atoms with E-state index in [9.17, 15) is 13.2 Å². The summed E-state index contributed by atoms with van der Waals surface area (Å²) in [5, 5.41) is 0. The van der Waals surface area contributed by atoms with Gasteiger partial charge in [-0.3, -0.25) is 13.9 Å². The Balaban J connectivity index is 1.65. The molecule has 41 heavy (non-hydrogen) atoms. The molecule has 4 aromatic rings. The van der Waals surface area contributed by atoms with Gasteiger partial charge in [-0.25, -0.2) is 13.2 Å². The molecule has 1 aromatic heterocycles. The quantitative estimate of drug-likeness (QED) is 0.160. The van der Waals surface area contributed by atoms with Crippen LogP contribution in [0.25, 0.3) is 11.0 Å². The minimum atomic E-state index is -4.06. The second-order valence-electron chi connectivity index (χ2n) is 9.46. The molecule has 0 spiro atoms. The van der Waals surface area contributed by atoms with Gasteiger partial charge in [0.2, 0.25) is 0 Å². The van der Waals surface area contributed by atoms with Gasteiger partial charge in [-0.15, -0.1) is 0 Å². The second kappa shape index (κ2) is 13.4. The maximum atomic E-state index is 13.5. The number of aromatic nitrogens is 2. The lowest BCUT2D eigenvalue weighted by Gasteiger charge is -2.15. The predicted octanol–water partition coefficient (Wildman–Crippen LogP) is 4.93. The Bertz CT molecular complexity index is 1690. The molecule has 10 nitrogen and oxygen atoms in total. The molecule has 0 saturated heterocycles. The Morgan fingerprint density at radius 2 is 1.59 bits per heavy atom. The number of rotatable bonds is 14. The number of aryl methyl sites for hydroxylation is 2. The standard InChI is InChI=1S/C30H36N4O6S/c1-4-16-38-22-11-9-13-24(18-22)40-29-21-28-27(33(2)30(35)34(28)3)20-26(29)32-41(36,37)25-14-10-12-23(19-25)39-17-8-6-5-7-15-31/h6,8-14,18-21,32H,4-5,7,15-17,31H2,1-3H3/b8-6+. The average molecular weight is 581 g/mol. The molecule has 3 N–H and O–H groups in total. The first-order valence-corrected chi connectivity index (χ1v) is 14.9. The maximum absolute atomic E-state index is 13.5. The van der Waals surface area contributed by atoms with Crippen molar-refractivity contribution in [2.75, 3.05) is 24.5 Å². The zero-order valence-electron chi connectivity index (χ0n) is 23.5. The summed E-state index contributed by atoms with van der Waals surface area (Å²) in [4.78, 5) is 12.6. The lowest BCUT2D eigenvalue weighted by atomic mass is 10.2. The number of benzene rings is 3. The van der Waals surface area contributed by atoms with E-state index in [0.717, 1.165) is 19.3 Å². The molecule has 0 fully saturated rings. The molecule has 4 rings (SSSR count). The van der Waals surface area contributed by atoms with Crippen molar-refractivity contribution in [1.82, 2.24) is 9.13 Å². The smallest absolute Gasteiger partial charge is 0.328 e. The molecule has 0 saturated carbocycles. The Morgan fingerprint density at radius 3 is 2.32 bits per heavy atom. The van der Waals surface area contributed by atoms with Crippen molar-refractivity contribution < 1.29 is 22.6 Å². The number of nitrogens with two attached hydrogens (primary N) is 1. The van der Waals surface area contributed by atoms with Crippen LogP contribution in [0.1, 0.15) is 26.2 Å². The monoisotopic (exact) mass is 580 g/mol. The van der Waals surface area contributed by atoms with Crippen molar-refractivity contribution in [2.24, 2.45) is 19.8 Å².